The smallest absolute Gasteiger partial charge is 0.416 e. The van der Waals surface area contributed by atoms with Crippen molar-refractivity contribution in [3.05, 3.63) is 69.0 Å². The number of pyridine rings is 1. The van der Waals surface area contributed by atoms with Crippen LogP contribution in [0.15, 0.2) is 46.7 Å². The van der Waals surface area contributed by atoms with Gasteiger partial charge in [0.1, 0.15) is 17.3 Å². The molecule has 0 spiro atoms. The van der Waals surface area contributed by atoms with Gasteiger partial charge in [-0.3, -0.25) is 0 Å². The van der Waals surface area contributed by atoms with Crippen molar-refractivity contribution in [1.82, 2.24) is 9.55 Å². The van der Waals surface area contributed by atoms with Crippen LogP contribution in [0.3, 0.4) is 0 Å². The van der Waals surface area contributed by atoms with Crippen LogP contribution in [0, 0.1) is 18.3 Å². The molecule has 3 aromatic rings. The van der Waals surface area contributed by atoms with E-state index in [0.717, 1.165) is 12.1 Å². The molecule has 29 heavy (non-hydrogen) atoms. The second kappa shape index (κ2) is 7.72. The van der Waals surface area contributed by atoms with Gasteiger partial charge in [-0.2, -0.15) is 18.4 Å². The van der Waals surface area contributed by atoms with E-state index < -0.39 is 23.3 Å². The van der Waals surface area contributed by atoms with Gasteiger partial charge in [0.15, 0.2) is 0 Å². The number of carboxylic acids is 1. The number of nitriles is 1. The number of rotatable bonds is 4. The third-order valence-corrected chi connectivity index (χ3v) is 4.86. The predicted octanol–water partition coefficient (Wildman–Crippen LogP) is 5.17. The normalized spacial score (nSPS) is 12.2. The molecule has 0 amide bonds. The van der Waals surface area contributed by atoms with E-state index in [4.69, 9.17) is 10.4 Å². The van der Waals surface area contributed by atoms with Crippen molar-refractivity contribution < 1.29 is 23.1 Å². The first-order chi connectivity index (χ1) is 13.6. The highest BCUT2D eigenvalue weighted by atomic mass is 79.9. The Hall–Kier alpha value is -3.12. The lowest BCUT2D eigenvalue weighted by atomic mass is 10.1. The summed E-state index contributed by atoms with van der Waals surface area (Å²) in [6.07, 6.45) is -0.155. The van der Waals surface area contributed by atoms with E-state index in [1.54, 1.807) is 35.9 Å². The zero-order valence-electron chi connectivity index (χ0n) is 15.0. The summed E-state index contributed by atoms with van der Waals surface area (Å²) < 4.78 is 41.6. The van der Waals surface area contributed by atoms with Crippen molar-refractivity contribution >= 4 is 39.0 Å². The van der Waals surface area contributed by atoms with Crippen molar-refractivity contribution in [3.8, 4) is 6.07 Å². The Balaban J connectivity index is 2.15. The van der Waals surface area contributed by atoms with Crippen LogP contribution in [0.5, 0.6) is 0 Å². The summed E-state index contributed by atoms with van der Waals surface area (Å²) in [6, 6.07) is 7.07. The number of benzene rings is 1. The highest BCUT2D eigenvalue weighted by molar-refractivity contribution is 9.10. The van der Waals surface area contributed by atoms with Crippen LogP contribution in [0.2, 0.25) is 0 Å². The quantitative estimate of drug-likeness (QED) is 0.427. The number of hydrogen-bond donors (Lipinski definition) is 1. The first-order valence-corrected chi connectivity index (χ1v) is 9.05. The van der Waals surface area contributed by atoms with Crippen LogP contribution >= 0.6 is 15.9 Å². The molecule has 0 aliphatic heterocycles. The first-order valence-electron chi connectivity index (χ1n) is 8.26. The second-order valence-electron chi connectivity index (χ2n) is 6.38. The fourth-order valence-corrected chi connectivity index (χ4v) is 3.57. The molecule has 0 saturated carbocycles. The molecule has 0 radical (unpaired) electrons. The topological polar surface area (TPSA) is 78.9 Å². The number of fused-ring (bicyclic) bond motifs is 1. The first kappa shape index (κ1) is 20.6. The number of carbonyl (C=O) groups is 1. The minimum atomic E-state index is -4.46. The number of alkyl halides is 3. The van der Waals surface area contributed by atoms with Crippen LogP contribution in [-0.4, -0.2) is 20.6 Å². The minimum absolute atomic E-state index is 0.0908. The summed E-state index contributed by atoms with van der Waals surface area (Å²) >= 11 is 3.38. The van der Waals surface area contributed by atoms with Crippen LogP contribution in [0.1, 0.15) is 22.3 Å². The second-order valence-corrected chi connectivity index (χ2v) is 7.24. The summed E-state index contributed by atoms with van der Waals surface area (Å²) in [7, 11) is 0. The van der Waals surface area contributed by atoms with Gasteiger partial charge in [0.25, 0.3) is 0 Å². The van der Waals surface area contributed by atoms with Gasteiger partial charge >= 0.3 is 12.1 Å². The lowest BCUT2D eigenvalue weighted by Gasteiger charge is -2.11. The van der Waals surface area contributed by atoms with Gasteiger partial charge in [0.05, 0.1) is 5.56 Å². The molecule has 9 heteroatoms. The van der Waals surface area contributed by atoms with Crippen molar-refractivity contribution in [2.24, 2.45) is 0 Å². The van der Waals surface area contributed by atoms with E-state index in [1.807, 2.05) is 0 Å². The average molecular weight is 464 g/mol. The van der Waals surface area contributed by atoms with Crippen LogP contribution in [0.4, 0.5) is 13.2 Å². The van der Waals surface area contributed by atoms with Crippen molar-refractivity contribution in [3.63, 3.8) is 0 Å². The Labute approximate surface area is 171 Å². The van der Waals surface area contributed by atoms with Gasteiger partial charge < -0.3 is 9.67 Å². The number of nitrogens with zero attached hydrogens (tertiary/aromatic N) is 3. The molecular formula is C20H13BrF3N3O2. The van der Waals surface area contributed by atoms with Gasteiger partial charge in [-0.25, -0.2) is 9.78 Å². The lowest BCUT2D eigenvalue weighted by molar-refractivity contribution is -0.137. The molecule has 0 aliphatic carbocycles. The van der Waals surface area contributed by atoms with Gasteiger partial charge in [0, 0.05) is 34.4 Å². The van der Waals surface area contributed by atoms with Crippen LogP contribution in [0.25, 0.3) is 17.1 Å². The van der Waals surface area contributed by atoms with E-state index in [0.29, 0.717) is 32.2 Å². The average Bonchev–Trinajstić information content (AvgIpc) is 2.97. The molecule has 0 saturated heterocycles. The van der Waals surface area contributed by atoms with Crippen LogP contribution < -0.4 is 0 Å². The molecule has 2 aromatic heterocycles. The molecule has 3 rings (SSSR count). The molecule has 5 nitrogen and oxygen atoms in total. The van der Waals surface area contributed by atoms with Crippen molar-refractivity contribution in [2.75, 3.05) is 0 Å². The Morgan fingerprint density at radius 1 is 1.38 bits per heavy atom. The van der Waals surface area contributed by atoms with Gasteiger partial charge in [-0.15, -0.1) is 0 Å². The molecule has 1 aromatic carbocycles. The highest BCUT2D eigenvalue weighted by Gasteiger charge is 2.31. The number of carboxylic acid groups (broad SMARTS) is 1. The molecule has 148 valence electrons. The van der Waals surface area contributed by atoms with Crippen molar-refractivity contribution in [1.29, 1.82) is 5.26 Å². The molecule has 0 unspecified atom stereocenters. The summed E-state index contributed by atoms with van der Waals surface area (Å²) in [5.74, 6) is -1.37. The lowest BCUT2D eigenvalue weighted by Crippen LogP contribution is -2.07. The Morgan fingerprint density at radius 2 is 2.10 bits per heavy atom. The summed E-state index contributed by atoms with van der Waals surface area (Å²) in [5.41, 5.74) is 0.556. The summed E-state index contributed by atoms with van der Waals surface area (Å²) in [5, 5.41) is 18.7. The van der Waals surface area contributed by atoms with Gasteiger partial charge in [0.2, 0.25) is 0 Å². The number of aliphatic carboxylic acids is 1. The SMILES string of the molecule is Cc1cc(Cn2cc(/C=C(\C#N)C(=O)O)c3c(Br)ccnc32)cc(C(F)(F)F)c1. The summed E-state index contributed by atoms with van der Waals surface area (Å²) in [6.45, 7) is 1.68. The maximum absolute atomic E-state index is 13.1. The zero-order valence-corrected chi connectivity index (χ0v) is 16.5. The number of halogens is 4. The minimum Gasteiger partial charge on any atom is -0.477 e. The third kappa shape index (κ3) is 4.32. The van der Waals surface area contributed by atoms with E-state index >= 15 is 0 Å². The van der Waals surface area contributed by atoms with E-state index in [2.05, 4.69) is 20.9 Å². The maximum atomic E-state index is 13.1. The number of hydrogen-bond acceptors (Lipinski definition) is 3. The fourth-order valence-electron chi connectivity index (χ4n) is 3.05. The van der Waals surface area contributed by atoms with Gasteiger partial charge in [-0.05, 0) is 52.7 Å². The standard InChI is InChI=1S/C20H13BrF3N3O2/c1-11-4-12(6-15(5-11)20(22,23)24)9-27-10-14(7-13(8-25)19(28)29)17-16(21)2-3-26-18(17)27/h2-7,10H,9H2,1H3,(H,28,29)/b13-7+. The molecule has 2 heterocycles. The molecule has 0 atom stereocenters. The largest absolute Gasteiger partial charge is 0.477 e. The molecule has 0 aliphatic rings. The summed E-state index contributed by atoms with van der Waals surface area (Å²) in [4.78, 5) is 15.5. The number of aromatic nitrogens is 2. The number of aryl methyl sites for hydroxylation is 1. The highest BCUT2D eigenvalue weighted by Crippen LogP contribution is 2.32. The molecule has 1 N–H and O–H groups in total. The monoisotopic (exact) mass is 463 g/mol. The molecule has 0 bridgehead atoms. The van der Waals surface area contributed by atoms with E-state index in [9.17, 15) is 18.0 Å². The Morgan fingerprint density at radius 3 is 2.72 bits per heavy atom. The van der Waals surface area contributed by atoms with E-state index in [1.165, 1.54) is 12.3 Å². The maximum Gasteiger partial charge on any atom is 0.416 e. The fraction of sp³-hybridized carbons (Fsp3) is 0.150. The van der Waals surface area contributed by atoms with E-state index in [-0.39, 0.29) is 6.54 Å². The molecule has 0 fully saturated rings. The zero-order chi connectivity index (χ0) is 21.3. The Bertz CT molecular complexity index is 1190. The van der Waals surface area contributed by atoms with Crippen LogP contribution in [-0.2, 0) is 17.5 Å². The Kier molecular flexibility index (Phi) is 5.48. The predicted molar refractivity (Wildman–Crippen MR) is 104 cm³/mol. The molecular weight excluding hydrogens is 451 g/mol. The third-order valence-electron chi connectivity index (χ3n) is 4.20. The van der Waals surface area contributed by atoms with Crippen molar-refractivity contribution in [2.45, 2.75) is 19.6 Å². The van der Waals surface area contributed by atoms with Gasteiger partial charge in [-0.1, -0.05) is 11.6 Å².